The maximum absolute atomic E-state index is 10.9. The van der Waals surface area contributed by atoms with Crippen LogP contribution in [0.1, 0.15) is 81.1 Å². The van der Waals surface area contributed by atoms with Gasteiger partial charge in [-0.25, -0.2) is 4.79 Å². The Kier molecular flexibility index (Phi) is 18.9. The Balaban J connectivity index is -0.000000375. The highest BCUT2D eigenvalue weighted by molar-refractivity contribution is 5.67. The minimum absolute atomic E-state index is 0.301. The summed E-state index contributed by atoms with van der Waals surface area (Å²) in [6.07, 6.45) is 4.21. The molecule has 0 bridgehead atoms. The highest BCUT2D eigenvalue weighted by atomic mass is 16.5. The fraction of sp³-hybridized carbons (Fsp3) is 0.938. The van der Waals surface area contributed by atoms with Crippen LogP contribution in [0.4, 0.5) is 4.79 Å². The molecule has 0 radical (unpaired) electrons. The predicted octanol–water partition coefficient (Wildman–Crippen LogP) is 5.39. The molecule has 3 nitrogen and oxygen atoms in total. The number of rotatable bonds is 1. The van der Waals surface area contributed by atoms with Crippen molar-refractivity contribution in [1.29, 1.82) is 0 Å². The van der Waals surface area contributed by atoms with Gasteiger partial charge in [-0.1, -0.05) is 55.4 Å². The van der Waals surface area contributed by atoms with Gasteiger partial charge in [0.05, 0.1) is 7.11 Å². The largest absolute Gasteiger partial charge is 0.453 e. The van der Waals surface area contributed by atoms with Crippen LogP contribution in [0.15, 0.2) is 0 Å². The molecule has 3 heteroatoms. The van der Waals surface area contributed by atoms with Crippen molar-refractivity contribution in [3.8, 4) is 0 Å². The van der Waals surface area contributed by atoms with Crippen LogP contribution in [0.3, 0.4) is 0 Å². The lowest BCUT2D eigenvalue weighted by atomic mass is 9.76. The van der Waals surface area contributed by atoms with E-state index in [1.807, 2.05) is 41.5 Å². The van der Waals surface area contributed by atoms with Crippen molar-refractivity contribution in [2.45, 2.75) is 87.1 Å². The Morgan fingerprint density at radius 2 is 1.37 bits per heavy atom. The van der Waals surface area contributed by atoms with E-state index in [-0.39, 0.29) is 6.09 Å². The zero-order valence-electron chi connectivity index (χ0n) is 14.7. The number of alkyl carbamates (subject to hydrolysis) is 1. The van der Waals surface area contributed by atoms with Crippen LogP contribution in [0.5, 0.6) is 0 Å². The van der Waals surface area contributed by atoms with Crippen LogP contribution < -0.4 is 5.32 Å². The lowest BCUT2D eigenvalue weighted by Crippen LogP contribution is -2.39. The molecular formula is C16H37NO2. The number of ether oxygens (including phenoxy) is 1. The van der Waals surface area contributed by atoms with Crippen molar-refractivity contribution in [1.82, 2.24) is 5.32 Å². The van der Waals surface area contributed by atoms with Gasteiger partial charge in [0.25, 0.3) is 0 Å². The maximum Gasteiger partial charge on any atom is 0.407 e. The average molecular weight is 275 g/mol. The van der Waals surface area contributed by atoms with Crippen LogP contribution >= 0.6 is 0 Å². The number of nitrogens with one attached hydrogen (secondary N) is 1. The normalized spacial score (nSPS) is 16.3. The second-order valence-corrected chi connectivity index (χ2v) is 4.57. The van der Waals surface area contributed by atoms with Gasteiger partial charge < -0.3 is 10.1 Å². The van der Waals surface area contributed by atoms with E-state index in [0.29, 0.717) is 11.5 Å². The van der Waals surface area contributed by atoms with Gasteiger partial charge in [-0.05, 0) is 31.1 Å². The molecule has 0 aromatic rings. The van der Waals surface area contributed by atoms with Gasteiger partial charge in [-0.2, -0.15) is 0 Å². The number of hydrogen-bond donors (Lipinski definition) is 1. The third-order valence-corrected chi connectivity index (χ3v) is 2.85. The van der Waals surface area contributed by atoms with Gasteiger partial charge in [0, 0.05) is 6.04 Å². The molecule has 0 heterocycles. The second-order valence-electron chi connectivity index (χ2n) is 4.57. The molecule has 1 aliphatic carbocycles. The minimum atomic E-state index is -0.301. The topological polar surface area (TPSA) is 38.3 Å². The molecule has 0 saturated heterocycles. The van der Waals surface area contributed by atoms with Crippen LogP contribution in [0, 0.1) is 5.41 Å². The van der Waals surface area contributed by atoms with E-state index in [4.69, 9.17) is 0 Å². The Hall–Kier alpha value is -0.730. The van der Waals surface area contributed by atoms with Gasteiger partial charge >= 0.3 is 6.09 Å². The Bertz CT molecular complexity index is 181. The van der Waals surface area contributed by atoms with E-state index in [9.17, 15) is 4.79 Å². The highest BCUT2D eigenvalue weighted by Crippen LogP contribution is 2.34. The third-order valence-electron chi connectivity index (χ3n) is 2.85. The summed E-state index contributed by atoms with van der Waals surface area (Å²) in [6.45, 7) is 16.6. The summed E-state index contributed by atoms with van der Waals surface area (Å²) in [5.74, 6) is 0. The minimum Gasteiger partial charge on any atom is -0.453 e. The molecule has 0 spiro atoms. The smallest absolute Gasteiger partial charge is 0.407 e. The van der Waals surface area contributed by atoms with Gasteiger partial charge in [0.1, 0.15) is 0 Å². The van der Waals surface area contributed by atoms with Crippen molar-refractivity contribution in [3.63, 3.8) is 0 Å². The summed E-state index contributed by atoms with van der Waals surface area (Å²) in [7, 11) is 1.40. The highest BCUT2D eigenvalue weighted by Gasteiger charge is 2.27. The molecule has 0 aromatic heterocycles. The predicted molar refractivity (Wildman–Crippen MR) is 85.6 cm³/mol. The molecule has 0 aromatic carbocycles. The summed E-state index contributed by atoms with van der Waals surface area (Å²) in [5, 5.41) is 2.85. The number of methoxy groups -OCH3 is 1. The van der Waals surface area contributed by atoms with Crippen LogP contribution in [0.25, 0.3) is 0 Å². The first-order valence-electron chi connectivity index (χ1n) is 7.88. The fourth-order valence-corrected chi connectivity index (χ4v) is 1.77. The summed E-state index contributed by atoms with van der Waals surface area (Å²) in [6, 6.07) is 0.320. The first-order chi connectivity index (χ1) is 9.03. The molecule has 1 amide bonds. The summed E-state index contributed by atoms with van der Waals surface area (Å²) in [4.78, 5) is 10.9. The SMILES string of the molecule is CC.CC.CC.COC(=O)NC1CCC(C)(C)CC1. The third kappa shape index (κ3) is 13.5. The molecule has 0 aliphatic heterocycles. The average Bonchev–Trinajstić information content (AvgIpc) is 2.47. The van der Waals surface area contributed by atoms with Crippen molar-refractivity contribution >= 4 is 6.09 Å². The number of carbonyl (C=O) groups excluding carboxylic acids is 1. The summed E-state index contributed by atoms with van der Waals surface area (Å²) >= 11 is 0. The van der Waals surface area contributed by atoms with E-state index in [0.717, 1.165) is 12.8 Å². The van der Waals surface area contributed by atoms with Crippen molar-refractivity contribution in [2.75, 3.05) is 7.11 Å². The summed E-state index contributed by atoms with van der Waals surface area (Å²) < 4.78 is 4.55. The first kappa shape index (κ1) is 23.4. The Labute approximate surface area is 121 Å². The molecule has 1 saturated carbocycles. The van der Waals surface area contributed by atoms with Crippen LogP contribution in [-0.4, -0.2) is 19.2 Å². The molecule has 0 unspecified atom stereocenters. The van der Waals surface area contributed by atoms with E-state index < -0.39 is 0 Å². The molecule has 1 aliphatic rings. The van der Waals surface area contributed by atoms with Crippen LogP contribution in [0.2, 0.25) is 0 Å². The van der Waals surface area contributed by atoms with E-state index >= 15 is 0 Å². The second kappa shape index (κ2) is 15.3. The van der Waals surface area contributed by atoms with E-state index in [1.54, 1.807) is 0 Å². The molecule has 118 valence electrons. The zero-order chi connectivity index (χ0) is 15.9. The molecule has 1 rings (SSSR count). The Morgan fingerprint density at radius 3 is 1.68 bits per heavy atom. The molecular weight excluding hydrogens is 238 g/mol. The van der Waals surface area contributed by atoms with Gasteiger partial charge in [-0.15, -0.1) is 0 Å². The maximum atomic E-state index is 10.9. The summed E-state index contributed by atoms with van der Waals surface area (Å²) in [5.41, 5.74) is 0.453. The van der Waals surface area contributed by atoms with E-state index in [2.05, 4.69) is 23.9 Å². The number of amides is 1. The van der Waals surface area contributed by atoms with Crippen molar-refractivity contribution < 1.29 is 9.53 Å². The molecule has 19 heavy (non-hydrogen) atoms. The molecule has 0 atom stereocenters. The zero-order valence-corrected chi connectivity index (χ0v) is 14.7. The van der Waals surface area contributed by atoms with Gasteiger partial charge in [0.15, 0.2) is 0 Å². The van der Waals surface area contributed by atoms with Gasteiger partial charge in [-0.3, -0.25) is 0 Å². The standard InChI is InChI=1S/C10H19NO2.3C2H6/c1-10(2)6-4-8(5-7-10)11-9(12)13-3;3*1-2/h8H,4-7H2,1-3H3,(H,11,12);3*1-2H3. The fourth-order valence-electron chi connectivity index (χ4n) is 1.77. The van der Waals surface area contributed by atoms with Crippen LogP contribution in [-0.2, 0) is 4.74 Å². The lowest BCUT2D eigenvalue weighted by molar-refractivity contribution is 0.152. The van der Waals surface area contributed by atoms with Gasteiger partial charge in [0.2, 0.25) is 0 Å². The van der Waals surface area contributed by atoms with E-state index in [1.165, 1.54) is 20.0 Å². The Morgan fingerprint density at radius 1 is 1.00 bits per heavy atom. The number of carbonyl (C=O) groups is 1. The monoisotopic (exact) mass is 275 g/mol. The van der Waals surface area contributed by atoms with Crippen molar-refractivity contribution in [2.24, 2.45) is 5.41 Å². The lowest BCUT2D eigenvalue weighted by Gasteiger charge is -2.34. The molecule has 1 N–H and O–H groups in total. The molecule has 1 fully saturated rings. The first-order valence-corrected chi connectivity index (χ1v) is 7.88. The van der Waals surface area contributed by atoms with Crippen molar-refractivity contribution in [3.05, 3.63) is 0 Å². The number of hydrogen-bond acceptors (Lipinski definition) is 2. The quantitative estimate of drug-likeness (QED) is 0.696.